The van der Waals surface area contributed by atoms with Gasteiger partial charge >= 0.3 is 0 Å². The van der Waals surface area contributed by atoms with Crippen molar-refractivity contribution in [3.63, 3.8) is 0 Å². The minimum absolute atomic E-state index is 0.254. The molecule has 0 saturated carbocycles. The van der Waals surface area contributed by atoms with Gasteiger partial charge in [0, 0.05) is 11.6 Å². The lowest BCUT2D eigenvalue weighted by molar-refractivity contribution is 0.102. The predicted molar refractivity (Wildman–Crippen MR) is 100.0 cm³/mol. The van der Waals surface area contributed by atoms with Crippen molar-refractivity contribution in [1.82, 2.24) is 20.0 Å². The number of amides is 1. The fourth-order valence-corrected chi connectivity index (χ4v) is 2.80. The molecule has 0 saturated heterocycles. The molecule has 0 radical (unpaired) electrons. The molecule has 0 aliphatic rings. The van der Waals surface area contributed by atoms with E-state index in [1.165, 1.54) is 11.8 Å². The highest BCUT2D eigenvalue weighted by molar-refractivity contribution is 6.06. The lowest BCUT2D eigenvalue weighted by Gasteiger charge is -2.04. The van der Waals surface area contributed by atoms with Gasteiger partial charge in [-0.25, -0.2) is 0 Å². The SMILES string of the molecule is Cc1ccc(Cn2nc(NC(=O)c3cccnn3)c3ccccc32)cc1. The van der Waals surface area contributed by atoms with Gasteiger partial charge < -0.3 is 5.32 Å². The first kappa shape index (κ1) is 16.0. The molecule has 0 aliphatic heterocycles. The summed E-state index contributed by atoms with van der Waals surface area (Å²) in [7, 11) is 0. The molecule has 1 N–H and O–H groups in total. The number of rotatable bonds is 4. The second-order valence-corrected chi connectivity index (χ2v) is 6.07. The van der Waals surface area contributed by atoms with Gasteiger partial charge in [0.15, 0.2) is 11.5 Å². The first-order valence-corrected chi connectivity index (χ1v) is 8.31. The summed E-state index contributed by atoms with van der Waals surface area (Å²) in [5, 5.41) is 15.9. The van der Waals surface area contributed by atoms with Gasteiger partial charge in [0.25, 0.3) is 5.91 Å². The quantitative estimate of drug-likeness (QED) is 0.616. The van der Waals surface area contributed by atoms with Crippen molar-refractivity contribution < 1.29 is 4.79 Å². The monoisotopic (exact) mass is 343 g/mol. The standard InChI is InChI=1S/C20H17N5O/c1-14-8-10-15(11-9-14)13-25-18-7-3-2-5-16(18)19(24-25)22-20(26)17-6-4-12-21-23-17/h2-12H,13H2,1H3,(H,22,24,26). The molecule has 1 amide bonds. The molecular formula is C20H17N5O. The average molecular weight is 343 g/mol. The van der Waals surface area contributed by atoms with E-state index < -0.39 is 0 Å². The van der Waals surface area contributed by atoms with Crippen molar-refractivity contribution in [2.75, 3.05) is 5.32 Å². The van der Waals surface area contributed by atoms with Crippen LogP contribution in [0.1, 0.15) is 21.6 Å². The fraction of sp³-hybridized carbons (Fsp3) is 0.100. The van der Waals surface area contributed by atoms with Crippen LogP contribution in [0.3, 0.4) is 0 Å². The zero-order valence-corrected chi connectivity index (χ0v) is 14.3. The molecule has 6 nitrogen and oxygen atoms in total. The molecule has 4 rings (SSSR count). The molecule has 0 atom stereocenters. The van der Waals surface area contributed by atoms with E-state index in [0.717, 1.165) is 16.5 Å². The van der Waals surface area contributed by atoms with Crippen LogP contribution in [0.25, 0.3) is 10.9 Å². The summed E-state index contributed by atoms with van der Waals surface area (Å²) >= 11 is 0. The van der Waals surface area contributed by atoms with E-state index in [0.29, 0.717) is 12.4 Å². The first-order valence-electron chi connectivity index (χ1n) is 8.31. The third-order valence-electron chi connectivity index (χ3n) is 4.15. The molecule has 2 heterocycles. The molecule has 2 aromatic heterocycles. The van der Waals surface area contributed by atoms with Gasteiger partial charge in [-0.1, -0.05) is 42.0 Å². The molecule has 4 aromatic rings. The maximum absolute atomic E-state index is 12.4. The van der Waals surface area contributed by atoms with Crippen LogP contribution in [-0.2, 0) is 6.54 Å². The third-order valence-corrected chi connectivity index (χ3v) is 4.15. The van der Waals surface area contributed by atoms with Gasteiger partial charge in [-0.15, -0.1) is 5.10 Å². The molecule has 0 unspecified atom stereocenters. The normalized spacial score (nSPS) is 10.8. The lowest BCUT2D eigenvalue weighted by atomic mass is 10.1. The molecule has 0 bridgehead atoms. The minimum atomic E-state index is -0.330. The number of aryl methyl sites for hydroxylation is 1. The number of benzene rings is 2. The molecule has 6 heteroatoms. The number of hydrogen-bond acceptors (Lipinski definition) is 4. The van der Waals surface area contributed by atoms with Crippen LogP contribution < -0.4 is 5.32 Å². The number of anilines is 1. The number of nitrogens with one attached hydrogen (secondary N) is 1. The molecular weight excluding hydrogens is 326 g/mol. The minimum Gasteiger partial charge on any atom is -0.303 e. The van der Waals surface area contributed by atoms with Crippen LogP contribution in [0, 0.1) is 6.92 Å². The van der Waals surface area contributed by atoms with Crippen molar-refractivity contribution in [2.45, 2.75) is 13.5 Å². The van der Waals surface area contributed by atoms with Gasteiger partial charge in [0.05, 0.1) is 12.1 Å². The summed E-state index contributed by atoms with van der Waals surface area (Å²) in [4.78, 5) is 12.4. The number of hydrogen-bond donors (Lipinski definition) is 1. The van der Waals surface area contributed by atoms with E-state index in [-0.39, 0.29) is 11.6 Å². The summed E-state index contributed by atoms with van der Waals surface area (Å²) in [6, 6.07) is 19.5. The van der Waals surface area contributed by atoms with E-state index in [1.54, 1.807) is 12.1 Å². The summed E-state index contributed by atoms with van der Waals surface area (Å²) in [5.74, 6) is 0.187. The number of para-hydroxylation sites is 1. The molecule has 0 aliphatic carbocycles. The average Bonchev–Trinajstić information content (AvgIpc) is 3.02. The fourth-order valence-electron chi connectivity index (χ4n) is 2.80. The van der Waals surface area contributed by atoms with Crippen molar-refractivity contribution in [2.24, 2.45) is 0 Å². The van der Waals surface area contributed by atoms with Crippen LogP contribution in [0.5, 0.6) is 0 Å². The van der Waals surface area contributed by atoms with Gasteiger partial charge in [-0.05, 0) is 36.8 Å². The molecule has 0 spiro atoms. The van der Waals surface area contributed by atoms with Crippen LogP contribution >= 0.6 is 0 Å². The zero-order chi connectivity index (χ0) is 17.9. The molecule has 2 aromatic carbocycles. The number of carbonyl (C=O) groups excluding carboxylic acids is 1. The Kier molecular flexibility index (Phi) is 4.15. The Balaban J connectivity index is 1.67. The largest absolute Gasteiger partial charge is 0.303 e. The Morgan fingerprint density at radius 2 is 1.85 bits per heavy atom. The summed E-state index contributed by atoms with van der Waals surface area (Å²) in [6.07, 6.45) is 1.53. The van der Waals surface area contributed by atoms with Gasteiger partial charge in [-0.3, -0.25) is 9.48 Å². The van der Waals surface area contributed by atoms with Crippen molar-refractivity contribution in [3.8, 4) is 0 Å². The Hall–Kier alpha value is -3.54. The van der Waals surface area contributed by atoms with Crippen molar-refractivity contribution in [3.05, 3.63) is 83.7 Å². The first-order chi connectivity index (χ1) is 12.7. The number of aromatic nitrogens is 4. The van der Waals surface area contributed by atoms with E-state index in [4.69, 9.17) is 0 Å². The van der Waals surface area contributed by atoms with Crippen molar-refractivity contribution in [1.29, 1.82) is 0 Å². The highest BCUT2D eigenvalue weighted by atomic mass is 16.2. The zero-order valence-electron chi connectivity index (χ0n) is 14.3. The Bertz CT molecular complexity index is 1050. The second kappa shape index (κ2) is 6.76. The maximum atomic E-state index is 12.4. The third kappa shape index (κ3) is 3.17. The highest BCUT2D eigenvalue weighted by Gasteiger charge is 2.15. The van der Waals surface area contributed by atoms with Crippen LogP contribution in [0.15, 0.2) is 66.9 Å². The van der Waals surface area contributed by atoms with Gasteiger partial charge in [0.2, 0.25) is 0 Å². The molecule has 128 valence electrons. The smallest absolute Gasteiger partial charge is 0.277 e. The second-order valence-electron chi connectivity index (χ2n) is 6.07. The van der Waals surface area contributed by atoms with Gasteiger partial charge in [-0.2, -0.15) is 10.2 Å². The van der Waals surface area contributed by atoms with E-state index in [1.807, 2.05) is 28.9 Å². The van der Waals surface area contributed by atoms with Gasteiger partial charge in [0.1, 0.15) is 0 Å². The summed E-state index contributed by atoms with van der Waals surface area (Å²) in [5.41, 5.74) is 3.58. The van der Waals surface area contributed by atoms with Crippen LogP contribution in [-0.4, -0.2) is 25.9 Å². The van der Waals surface area contributed by atoms with Crippen molar-refractivity contribution >= 4 is 22.6 Å². The highest BCUT2D eigenvalue weighted by Crippen LogP contribution is 2.24. The Labute approximate surface area is 150 Å². The molecule has 26 heavy (non-hydrogen) atoms. The summed E-state index contributed by atoms with van der Waals surface area (Å²) in [6.45, 7) is 2.69. The van der Waals surface area contributed by atoms with E-state index >= 15 is 0 Å². The number of fused-ring (bicyclic) bond motifs is 1. The topological polar surface area (TPSA) is 72.7 Å². The summed E-state index contributed by atoms with van der Waals surface area (Å²) < 4.78 is 1.90. The number of carbonyl (C=O) groups is 1. The van der Waals surface area contributed by atoms with Crippen LogP contribution in [0.4, 0.5) is 5.82 Å². The van der Waals surface area contributed by atoms with E-state index in [9.17, 15) is 4.79 Å². The Morgan fingerprint density at radius 1 is 1.04 bits per heavy atom. The maximum Gasteiger partial charge on any atom is 0.277 e. The van der Waals surface area contributed by atoms with E-state index in [2.05, 4.69) is 51.8 Å². The van der Waals surface area contributed by atoms with Crippen LogP contribution in [0.2, 0.25) is 0 Å². The Morgan fingerprint density at radius 3 is 2.62 bits per heavy atom. The predicted octanol–water partition coefficient (Wildman–Crippen LogP) is 3.44. The number of nitrogens with zero attached hydrogens (tertiary/aromatic N) is 4. The lowest BCUT2D eigenvalue weighted by Crippen LogP contribution is -2.15. The molecule has 0 fully saturated rings.